The van der Waals surface area contributed by atoms with Crippen molar-refractivity contribution in [2.24, 2.45) is 5.92 Å². The number of nitrogens with zero attached hydrogens (tertiary/aromatic N) is 1. The van der Waals surface area contributed by atoms with Crippen molar-refractivity contribution in [2.45, 2.75) is 88.6 Å². The van der Waals surface area contributed by atoms with Crippen LogP contribution in [0, 0.1) is 17.6 Å². The Bertz CT molecular complexity index is 1340. The highest BCUT2D eigenvalue weighted by atomic mass is 32.3. The number of carbonyl (C=O) groups excluding carboxylic acids is 1. The minimum absolute atomic E-state index is 0.128. The van der Waals surface area contributed by atoms with Crippen molar-refractivity contribution < 1.29 is 37.3 Å². The van der Waals surface area contributed by atoms with Crippen molar-refractivity contribution in [3.8, 4) is 0 Å². The predicted octanol–water partition coefficient (Wildman–Crippen LogP) is 5.56. The molecule has 0 saturated carbocycles. The molecule has 3 fully saturated rings. The van der Waals surface area contributed by atoms with Crippen molar-refractivity contribution in [3.63, 3.8) is 0 Å². The first-order valence-corrected chi connectivity index (χ1v) is 17.3. The van der Waals surface area contributed by atoms with Crippen LogP contribution >= 0.6 is 10.8 Å². The van der Waals surface area contributed by atoms with E-state index in [4.69, 9.17) is 4.74 Å². The molecule has 5 rings (SSSR count). The molecule has 0 radical (unpaired) electrons. The smallest absolute Gasteiger partial charge is 0.405 e. The SMILES string of the molecule is CC1CC([C@H](c2ccc(F)cc2)[C@@H](NC(=O)O)C(=O)Nc2cc(F)ccc2CCC2CNC3CCCS(O)(O)N2C3)CC(C)O1. The third kappa shape index (κ3) is 8.32. The first kappa shape index (κ1) is 33.6. The van der Waals surface area contributed by atoms with Crippen molar-refractivity contribution >= 4 is 28.5 Å². The van der Waals surface area contributed by atoms with Gasteiger partial charge in [-0.25, -0.2) is 17.9 Å². The number of hydrogen-bond acceptors (Lipinski definition) is 7. The number of piperazine rings is 1. The monoisotopic (exact) mass is 650 g/mol. The van der Waals surface area contributed by atoms with E-state index < -0.39 is 46.4 Å². The molecule has 2 amide bonds. The van der Waals surface area contributed by atoms with Crippen LogP contribution in [0.25, 0.3) is 0 Å². The maximum Gasteiger partial charge on any atom is 0.405 e. The van der Waals surface area contributed by atoms with E-state index in [1.165, 1.54) is 24.3 Å². The van der Waals surface area contributed by atoms with Crippen LogP contribution in [0.1, 0.15) is 63.0 Å². The van der Waals surface area contributed by atoms with Crippen LogP contribution < -0.4 is 16.0 Å². The Morgan fingerprint density at radius 3 is 2.47 bits per heavy atom. The molecule has 6 N–H and O–H groups in total. The maximum absolute atomic E-state index is 14.6. The molecule has 13 heteroatoms. The molecule has 2 aromatic rings. The quantitative estimate of drug-likeness (QED) is 0.207. The highest BCUT2D eigenvalue weighted by Crippen LogP contribution is 2.49. The van der Waals surface area contributed by atoms with Crippen LogP contribution in [0.2, 0.25) is 0 Å². The molecule has 5 unspecified atom stereocenters. The molecule has 2 aromatic carbocycles. The first-order chi connectivity index (χ1) is 21.4. The standard InChI is InChI=1S/C32H44F2N4O6S/c1-19-14-23(15-20(2)44-19)29(22-6-9-24(33)10-7-22)30(37-32(40)41)31(39)36-28-16-25(34)11-5-21(28)8-12-27-17-35-26-4-3-13-45(42,43)38(27)18-26/h5-7,9-11,16,19-20,23,26-27,29-30,35,37,42-43H,3-4,8,12-15,17-18H2,1-2H3,(H,36,39)(H,40,41)/t19?,20?,23?,26?,27?,29-,30+/m0/s1. The molecule has 3 heterocycles. The number of ether oxygens (including phenoxy) is 1. The van der Waals surface area contributed by atoms with E-state index in [2.05, 4.69) is 16.0 Å². The molecule has 248 valence electrons. The molecule has 10 nitrogen and oxygen atoms in total. The normalized spacial score (nSPS) is 29.9. The highest BCUT2D eigenvalue weighted by molar-refractivity contribution is 8.22. The van der Waals surface area contributed by atoms with Gasteiger partial charge in [0.1, 0.15) is 17.7 Å². The minimum Gasteiger partial charge on any atom is -0.465 e. The largest absolute Gasteiger partial charge is 0.465 e. The summed E-state index contributed by atoms with van der Waals surface area (Å²) in [6, 6.07) is 8.58. The van der Waals surface area contributed by atoms with Gasteiger partial charge < -0.3 is 25.8 Å². The number of rotatable bonds is 9. The molecule has 0 aromatic heterocycles. The van der Waals surface area contributed by atoms with Crippen LogP contribution in [-0.4, -0.2) is 79.7 Å². The number of fused-ring (bicyclic) bond motifs is 2. The van der Waals surface area contributed by atoms with E-state index in [0.29, 0.717) is 55.7 Å². The zero-order valence-electron chi connectivity index (χ0n) is 25.6. The predicted molar refractivity (Wildman–Crippen MR) is 169 cm³/mol. The number of amides is 2. The second-order valence-corrected chi connectivity index (χ2v) is 14.8. The van der Waals surface area contributed by atoms with E-state index in [0.717, 1.165) is 12.8 Å². The van der Waals surface area contributed by atoms with Gasteiger partial charge in [-0.05, 0) is 93.7 Å². The maximum atomic E-state index is 14.6. The summed E-state index contributed by atoms with van der Waals surface area (Å²) >= 11 is 0. The fourth-order valence-corrected chi connectivity index (χ4v) is 9.18. The molecule has 7 atom stereocenters. The van der Waals surface area contributed by atoms with Gasteiger partial charge in [-0.1, -0.05) is 18.2 Å². The molecule has 0 aliphatic carbocycles. The van der Waals surface area contributed by atoms with Crippen LogP contribution in [0.5, 0.6) is 0 Å². The number of carboxylic acid groups (broad SMARTS) is 1. The van der Waals surface area contributed by atoms with Crippen molar-refractivity contribution in [1.29, 1.82) is 0 Å². The van der Waals surface area contributed by atoms with Crippen molar-refractivity contribution in [1.82, 2.24) is 14.9 Å². The van der Waals surface area contributed by atoms with E-state index in [1.54, 1.807) is 22.5 Å². The Balaban J connectivity index is 1.40. The lowest BCUT2D eigenvalue weighted by Crippen LogP contribution is -2.55. The number of anilines is 1. The molecular formula is C32H44F2N4O6S. The van der Waals surface area contributed by atoms with Crippen molar-refractivity contribution in [2.75, 3.05) is 24.2 Å². The molecule has 0 spiro atoms. The van der Waals surface area contributed by atoms with E-state index >= 15 is 0 Å². The van der Waals surface area contributed by atoms with Gasteiger partial charge in [0.2, 0.25) is 5.91 Å². The average Bonchev–Trinajstić information content (AvgIpc) is 3.08. The first-order valence-electron chi connectivity index (χ1n) is 15.7. The Morgan fingerprint density at radius 1 is 1.09 bits per heavy atom. The summed E-state index contributed by atoms with van der Waals surface area (Å²) in [7, 11) is -2.89. The summed E-state index contributed by atoms with van der Waals surface area (Å²) in [6.45, 7) is 4.97. The topological polar surface area (TPSA) is 143 Å². The Kier molecular flexibility index (Phi) is 10.7. The van der Waals surface area contributed by atoms with Gasteiger partial charge in [0.05, 0.1) is 18.0 Å². The number of aryl methyl sites for hydroxylation is 1. The van der Waals surface area contributed by atoms with Crippen LogP contribution in [-0.2, 0) is 16.0 Å². The molecular weight excluding hydrogens is 606 g/mol. The Labute approximate surface area is 264 Å². The number of carbonyl (C=O) groups is 2. The minimum atomic E-state index is -2.89. The second-order valence-electron chi connectivity index (χ2n) is 12.7. The zero-order chi connectivity index (χ0) is 32.3. The van der Waals surface area contributed by atoms with Crippen LogP contribution in [0.4, 0.5) is 19.3 Å². The molecule has 3 saturated heterocycles. The van der Waals surface area contributed by atoms with Gasteiger partial charge >= 0.3 is 6.09 Å². The average molecular weight is 651 g/mol. The summed E-state index contributed by atoms with van der Waals surface area (Å²) in [5.74, 6) is -2.16. The van der Waals surface area contributed by atoms with Gasteiger partial charge in [0.25, 0.3) is 0 Å². The number of benzene rings is 2. The lowest BCUT2D eigenvalue weighted by molar-refractivity contribution is -0.120. The zero-order valence-corrected chi connectivity index (χ0v) is 26.4. The lowest BCUT2D eigenvalue weighted by Gasteiger charge is -2.49. The van der Waals surface area contributed by atoms with Crippen molar-refractivity contribution in [3.05, 3.63) is 65.2 Å². The van der Waals surface area contributed by atoms with Gasteiger partial charge in [-0.15, -0.1) is 10.8 Å². The Hall–Kier alpha value is -2.81. The molecule has 2 bridgehead atoms. The summed E-state index contributed by atoms with van der Waals surface area (Å²) in [5, 5.41) is 18.5. The molecule has 3 aliphatic heterocycles. The Morgan fingerprint density at radius 2 is 1.78 bits per heavy atom. The third-order valence-corrected chi connectivity index (χ3v) is 11.3. The van der Waals surface area contributed by atoms with Gasteiger partial charge in [0, 0.05) is 36.8 Å². The summed E-state index contributed by atoms with van der Waals surface area (Å²) in [4.78, 5) is 26.1. The highest BCUT2D eigenvalue weighted by Gasteiger charge is 2.41. The van der Waals surface area contributed by atoms with E-state index in [9.17, 15) is 32.6 Å². The van der Waals surface area contributed by atoms with Gasteiger partial charge in [0.15, 0.2) is 0 Å². The fourth-order valence-electron chi connectivity index (χ4n) is 7.31. The number of nitrogens with one attached hydrogen (secondary N) is 3. The van der Waals surface area contributed by atoms with E-state index in [-0.39, 0.29) is 35.9 Å². The lowest BCUT2D eigenvalue weighted by atomic mass is 9.74. The summed E-state index contributed by atoms with van der Waals surface area (Å²) < 4.78 is 57.8. The van der Waals surface area contributed by atoms with Crippen LogP contribution in [0.15, 0.2) is 42.5 Å². The third-order valence-electron chi connectivity index (χ3n) is 9.29. The number of halogens is 2. The van der Waals surface area contributed by atoms with Gasteiger partial charge in [-0.2, -0.15) is 0 Å². The number of hydrogen-bond donors (Lipinski definition) is 6. The molecule has 3 aliphatic rings. The molecule has 45 heavy (non-hydrogen) atoms. The summed E-state index contributed by atoms with van der Waals surface area (Å²) in [5.41, 5.74) is 1.46. The summed E-state index contributed by atoms with van der Waals surface area (Å²) in [6.07, 6.45) is 2.02. The second kappa shape index (κ2) is 14.3. The van der Waals surface area contributed by atoms with E-state index in [1.807, 2.05) is 13.8 Å². The fraction of sp³-hybridized carbons (Fsp3) is 0.562. The van der Waals surface area contributed by atoms with Gasteiger partial charge in [-0.3, -0.25) is 13.9 Å². The van der Waals surface area contributed by atoms with Crippen LogP contribution in [0.3, 0.4) is 0 Å².